The summed E-state index contributed by atoms with van der Waals surface area (Å²) in [7, 11) is 0. The van der Waals surface area contributed by atoms with Crippen LogP contribution in [0.15, 0.2) is 64.1 Å². The first-order valence-electron chi connectivity index (χ1n) is 16.4. The Labute approximate surface area is 281 Å². The molecule has 1 saturated heterocycles. The maximum absolute atomic E-state index is 14.2. The second-order valence-electron chi connectivity index (χ2n) is 12.4. The fourth-order valence-corrected chi connectivity index (χ4v) is 6.12. The number of aromatic nitrogens is 2. The molecule has 1 saturated carbocycles. The van der Waals surface area contributed by atoms with Gasteiger partial charge in [0.1, 0.15) is 23.6 Å². The van der Waals surface area contributed by atoms with Crippen molar-refractivity contribution in [1.82, 2.24) is 20.4 Å². The molecule has 1 aromatic carbocycles. The van der Waals surface area contributed by atoms with E-state index in [-0.39, 0.29) is 41.8 Å². The summed E-state index contributed by atoms with van der Waals surface area (Å²) in [5.74, 6) is -4.44. The van der Waals surface area contributed by atoms with Crippen LogP contribution in [-0.4, -0.2) is 52.1 Å². The van der Waals surface area contributed by atoms with Crippen molar-refractivity contribution in [2.45, 2.75) is 82.9 Å². The van der Waals surface area contributed by atoms with Gasteiger partial charge in [-0.1, -0.05) is 30.1 Å². The van der Waals surface area contributed by atoms with Crippen LogP contribution >= 0.6 is 0 Å². The van der Waals surface area contributed by atoms with Gasteiger partial charge in [-0.3, -0.25) is 19.2 Å². The predicted molar refractivity (Wildman–Crippen MR) is 173 cm³/mol. The number of hydrogen-bond donors (Lipinski definition) is 3. The van der Waals surface area contributed by atoms with E-state index >= 15 is 0 Å². The number of hydrogen-bond acceptors (Lipinski definition) is 8. The van der Waals surface area contributed by atoms with E-state index in [0.29, 0.717) is 18.7 Å². The maximum atomic E-state index is 14.2. The Morgan fingerprint density at radius 3 is 2.53 bits per heavy atom. The van der Waals surface area contributed by atoms with Crippen LogP contribution in [0.4, 0.5) is 14.5 Å². The Bertz CT molecular complexity index is 1760. The van der Waals surface area contributed by atoms with Crippen molar-refractivity contribution in [3.05, 3.63) is 93.8 Å². The van der Waals surface area contributed by atoms with Crippen LogP contribution in [0.5, 0.6) is 0 Å². The van der Waals surface area contributed by atoms with Crippen molar-refractivity contribution >= 4 is 29.4 Å². The molecule has 0 unspecified atom stereocenters. The van der Waals surface area contributed by atoms with Crippen LogP contribution < -0.4 is 21.5 Å². The first-order chi connectivity index (χ1) is 23.6. The molecule has 49 heavy (non-hydrogen) atoms. The molecular weight excluding hydrogens is 640 g/mol. The molecule has 2 aromatic heterocycles. The van der Waals surface area contributed by atoms with Gasteiger partial charge >= 0.3 is 5.97 Å². The topological polar surface area (TPSA) is 162 Å². The summed E-state index contributed by atoms with van der Waals surface area (Å²) in [6.07, 6.45) is 9.97. The highest BCUT2D eigenvalue weighted by atomic mass is 19.2. The van der Waals surface area contributed by atoms with Crippen molar-refractivity contribution < 1.29 is 37.2 Å². The minimum absolute atomic E-state index is 0.0634. The third kappa shape index (κ3) is 9.48. The summed E-state index contributed by atoms with van der Waals surface area (Å²) in [6, 6.07) is 5.18. The molecule has 3 atom stereocenters. The lowest BCUT2D eigenvalue weighted by atomic mass is 9.97. The van der Waals surface area contributed by atoms with E-state index in [2.05, 4.69) is 21.1 Å². The molecule has 1 aliphatic carbocycles. The number of esters is 1. The van der Waals surface area contributed by atoms with Crippen molar-refractivity contribution in [3.8, 4) is 0 Å². The smallest absolute Gasteiger partial charge is 0.330 e. The Morgan fingerprint density at radius 2 is 1.86 bits per heavy atom. The number of carbonyl (C=O) groups excluding carboxylic acids is 4. The van der Waals surface area contributed by atoms with E-state index < -0.39 is 53.0 Å². The van der Waals surface area contributed by atoms with Crippen molar-refractivity contribution in [1.29, 1.82) is 0 Å². The highest BCUT2D eigenvalue weighted by molar-refractivity contribution is 6.02. The third-order valence-corrected chi connectivity index (χ3v) is 8.71. The Hall–Kier alpha value is -5.14. The fraction of sp³-hybridized carbons (Fsp3) is 0.429. The number of ether oxygens (including phenoxy) is 1. The zero-order valence-corrected chi connectivity index (χ0v) is 27.1. The van der Waals surface area contributed by atoms with Crippen LogP contribution in [0.25, 0.3) is 0 Å². The number of benzene rings is 1. The number of nitrogens with zero attached hydrogens (tertiary/aromatic N) is 2. The molecule has 2 aliphatic rings. The quantitative estimate of drug-likeness (QED) is 0.145. The average molecular weight is 680 g/mol. The van der Waals surface area contributed by atoms with Gasteiger partial charge in [0.05, 0.1) is 0 Å². The first kappa shape index (κ1) is 35.2. The number of amides is 3. The van der Waals surface area contributed by atoms with Crippen molar-refractivity contribution in [2.24, 2.45) is 5.92 Å². The molecule has 2 fully saturated rings. The van der Waals surface area contributed by atoms with Gasteiger partial charge in [-0.15, -0.1) is 0 Å². The van der Waals surface area contributed by atoms with Gasteiger partial charge in [-0.2, -0.15) is 0 Å². The predicted octanol–water partition coefficient (Wildman–Crippen LogP) is 4.29. The monoisotopic (exact) mass is 679 g/mol. The zero-order chi connectivity index (χ0) is 34.9. The second kappa shape index (κ2) is 16.3. The largest absolute Gasteiger partial charge is 0.459 e. The Kier molecular flexibility index (Phi) is 11.7. The molecule has 1 aliphatic heterocycles. The van der Waals surface area contributed by atoms with Crippen molar-refractivity contribution in [2.75, 3.05) is 11.9 Å². The van der Waals surface area contributed by atoms with Crippen molar-refractivity contribution in [3.63, 3.8) is 0 Å². The summed E-state index contributed by atoms with van der Waals surface area (Å²) in [5.41, 5.74) is -0.774. The van der Waals surface area contributed by atoms with E-state index in [1.54, 1.807) is 6.92 Å². The number of aryl methyl sites for hydroxylation is 1. The van der Waals surface area contributed by atoms with Crippen LogP contribution in [0.1, 0.15) is 79.2 Å². The molecule has 260 valence electrons. The molecule has 5 rings (SSSR count). The maximum Gasteiger partial charge on any atom is 0.330 e. The molecule has 14 heteroatoms. The van der Waals surface area contributed by atoms with Crippen LogP contribution in [0.2, 0.25) is 0 Å². The molecule has 0 bridgehead atoms. The van der Waals surface area contributed by atoms with Gasteiger partial charge < -0.3 is 29.8 Å². The molecule has 0 radical (unpaired) electrons. The number of carbonyl (C=O) groups is 4. The summed E-state index contributed by atoms with van der Waals surface area (Å²) in [4.78, 5) is 65.8. The number of halogens is 2. The van der Waals surface area contributed by atoms with Gasteiger partial charge in [0.25, 0.3) is 11.5 Å². The molecular formula is C35H39F2N5O7. The summed E-state index contributed by atoms with van der Waals surface area (Å²) >= 11 is 0. The zero-order valence-electron chi connectivity index (χ0n) is 27.1. The van der Waals surface area contributed by atoms with Gasteiger partial charge in [0.2, 0.25) is 11.8 Å². The first-order valence-corrected chi connectivity index (χ1v) is 16.4. The molecule has 0 spiro atoms. The lowest BCUT2D eigenvalue weighted by Gasteiger charge is -2.24. The number of nitrogens with one attached hydrogen (secondary N) is 3. The van der Waals surface area contributed by atoms with Crippen LogP contribution in [0, 0.1) is 24.5 Å². The lowest BCUT2D eigenvalue weighted by Crippen LogP contribution is -2.43. The SMILES string of the molecule is Cc1cc(C(=O)Nc2cccn([C@@H](Cc3ccc(F)c(F)c3)C(=O)N[C@H](C=CC(=O)OC3CCCCCC3)C[C@@H]3CCNC3=O)c2=O)no1. The highest BCUT2D eigenvalue weighted by Crippen LogP contribution is 2.22. The van der Waals surface area contributed by atoms with Gasteiger partial charge in [0.15, 0.2) is 17.3 Å². The van der Waals surface area contributed by atoms with Gasteiger partial charge in [0, 0.05) is 43.3 Å². The summed E-state index contributed by atoms with van der Waals surface area (Å²) in [5, 5.41) is 11.7. The molecule has 3 N–H and O–H groups in total. The summed E-state index contributed by atoms with van der Waals surface area (Å²) < 4.78 is 39.7. The van der Waals surface area contributed by atoms with Crippen LogP contribution in [-0.2, 0) is 25.5 Å². The Balaban J connectivity index is 1.41. The molecule has 3 aromatic rings. The minimum Gasteiger partial charge on any atom is -0.459 e. The van der Waals surface area contributed by atoms with E-state index in [0.717, 1.165) is 55.2 Å². The molecule has 3 amide bonds. The van der Waals surface area contributed by atoms with E-state index in [9.17, 15) is 32.8 Å². The highest BCUT2D eigenvalue weighted by Gasteiger charge is 2.30. The summed E-state index contributed by atoms with van der Waals surface area (Å²) in [6.45, 7) is 2.07. The van der Waals surface area contributed by atoms with E-state index in [1.807, 2.05) is 0 Å². The fourth-order valence-electron chi connectivity index (χ4n) is 6.12. The number of rotatable bonds is 12. The third-order valence-electron chi connectivity index (χ3n) is 8.71. The van der Waals surface area contributed by atoms with Gasteiger partial charge in [-0.05, 0) is 75.3 Å². The number of anilines is 1. The minimum atomic E-state index is -1.32. The normalized spacial score (nSPS) is 18.0. The molecule has 12 nitrogen and oxygen atoms in total. The van der Waals surface area contributed by atoms with Crippen LogP contribution in [0.3, 0.4) is 0 Å². The number of pyridine rings is 1. The second-order valence-corrected chi connectivity index (χ2v) is 12.4. The average Bonchev–Trinajstić information content (AvgIpc) is 3.60. The Morgan fingerprint density at radius 1 is 1.08 bits per heavy atom. The van der Waals surface area contributed by atoms with Gasteiger partial charge in [-0.25, -0.2) is 13.6 Å². The molecule has 3 heterocycles. The van der Waals surface area contributed by atoms with E-state index in [1.165, 1.54) is 42.6 Å². The van der Waals surface area contributed by atoms with E-state index in [4.69, 9.17) is 9.26 Å². The lowest BCUT2D eigenvalue weighted by molar-refractivity contribution is -0.143. The standard InChI is InChI=1S/C35H39F2N5O7/c1-21-17-29(41-49-21)33(45)40-28-9-6-16-42(35(28)47)30(19-22-10-12-26(36)27(37)18-22)34(46)39-24(20-23-14-15-38-32(23)44)11-13-31(43)48-25-7-4-2-3-5-8-25/h6,9-13,16-18,23-25,30H,2-5,7-8,14-15,19-20H2,1H3,(H,38,44)(H,39,46)(H,40,45)/t23-,24+,30-/m0/s1.